The Kier molecular flexibility index (Phi) is 4.08. The van der Waals surface area contributed by atoms with Crippen LogP contribution in [0.1, 0.15) is 30.3 Å². The molecular weight excluding hydrogens is 264 g/mol. The number of nitrogen functional groups attached to an aromatic ring is 1. The zero-order chi connectivity index (χ0) is 14.7. The van der Waals surface area contributed by atoms with Gasteiger partial charge in [0, 0.05) is 19.4 Å². The maximum atomic E-state index is 11.8. The highest BCUT2D eigenvalue weighted by Crippen LogP contribution is 2.18. The second kappa shape index (κ2) is 5.78. The Balaban J connectivity index is 1.95. The lowest BCUT2D eigenvalue weighted by Crippen LogP contribution is -2.44. The van der Waals surface area contributed by atoms with Gasteiger partial charge in [-0.05, 0) is 5.92 Å². The molecule has 9 nitrogen and oxygen atoms in total. The van der Waals surface area contributed by atoms with Crippen LogP contribution in [0.4, 0.5) is 0 Å². The van der Waals surface area contributed by atoms with E-state index in [0.29, 0.717) is 12.8 Å². The van der Waals surface area contributed by atoms with Gasteiger partial charge in [-0.25, -0.2) is 10.5 Å². The fourth-order valence-electron chi connectivity index (χ4n) is 2.07. The molecule has 0 aromatic carbocycles. The maximum Gasteiger partial charge on any atom is 0.287 e. The van der Waals surface area contributed by atoms with Gasteiger partial charge >= 0.3 is 0 Å². The maximum absolute atomic E-state index is 11.8. The normalized spacial score (nSPS) is 16.6. The number of hydrazine groups is 1. The molecular formula is C11H16N6O3. The zero-order valence-electron chi connectivity index (χ0n) is 11.1. The molecule has 0 spiro atoms. The van der Waals surface area contributed by atoms with Crippen molar-refractivity contribution in [2.75, 3.05) is 6.54 Å². The zero-order valence-corrected chi connectivity index (χ0v) is 11.1. The molecule has 1 saturated heterocycles. The fraction of sp³-hybridized carbons (Fsp3) is 0.545. The van der Waals surface area contributed by atoms with Gasteiger partial charge in [0.25, 0.3) is 5.91 Å². The number of carbonyl (C=O) groups excluding carboxylic acids is 3. The van der Waals surface area contributed by atoms with Crippen LogP contribution in [0.15, 0.2) is 6.20 Å². The Labute approximate surface area is 115 Å². The Morgan fingerprint density at radius 1 is 1.40 bits per heavy atom. The van der Waals surface area contributed by atoms with Crippen molar-refractivity contribution in [2.24, 2.45) is 11.8 Å². The number of rotatable bonds is 4. The molecule has 0 unspecified atom stereocenters. The monoisotopic (exact) mass is 280 g/mol. The van der Waals surface area contributed by atoms with E-state index in [-0.39, 0.29) is 36.5 Å². The molecule has 0 saturated carbocycles. The number of hydrogen-bond donors (Lipinski definition) is 2. The van der Waals surface area contributed by atoms with E-state index in [4.69, 9.17) is 5.84 Å². The number of nitrogens with one attached hydrogen (secondary N) is 1. The van der Waals surface area contributed by atoms with Crippen molar-refractivity contribution in [1.29, 1.82) is 0 Å². The highest BCUT2D eigenvalue weighted by molar-refractivity contribution is 5.97. The fourth-order valence-corrected chi connectivity index (χ4v) is 2.07. The van der Waals surface area contributed by atoms with E-state index >= 15 is 0 Å². The van der Waals surface area contributed by atoms with Crippen LogP contribution in [0, 0.1) is 5.92 Å². The van der Waals surface area contributed by atoms with Crippen LogP contribution in [-0.4, -0.2) is 44.2 Å². The molecule has 1 fully saturated rings. The van der Waals surface area contributed by atoms with Gasteiger partial charge in [0.1, 0.15) is 0 Å². The molecule has 0 radical (unpaired) electrons. The van der Waals surface area contributed by atoms with Crippen molar-refractivity contribution in [1.82, 2.24) is 25.3 Å². The van der Waals surface area contributed by atoms with Crippen LogP contribution in [0.25, 0.3) is 0 Å². The standard InChI is InChI=1S/C11H16N6O3/c1-7-4-9(18)17(10(19)5-7)3-2-16-6-8(14-15-16)11(20)13-12/h6-7H,2-5,12H2,1H3,(H,13,20). The quantitative estimate of drug-likeness (QED) is 0.305. The number of aromatic nitrogens is 3. The van der Waals surface area contributed by atoms with Crippen molar-refractivity contribution in [3.63, 3.8) is 0 Å². The molecule has 3 amide bonds. The number of nitrogens with two attached hydrogens (primary N) is 1. The molecule has 2 rings (SSSR count). The third-order valence-corrected chi connectivity index (χ3v) is 3.10. The topological polar surface area (TPSA) is 123 Å². The summed E-state index contributed by atoms with van der Waals surface area (Å²) < 4.78 is 1.39. The van der Waals surface area contributed by atoms with Crippen LogP contribution >= 0.6 is 0 Å². The van der Waals surface area contributed by atoms with E-state index in [0.717, 1.165) is 0 Å². The highest BCUT2D eigenvalue weighted by Gasteiger charge is 2.29. The van der Waals surface area contributed by atoms with Crippen molar-refractivity contribution in [3.8, 4) is 0 Å². The van der Waals surface area contributed by atoms with Gasteiger partial charge in [0.2, 0.25) is 11.8 Å². The van der Waals surface area contributed by atoms with Crippen LogP contribution in [0.2, 0.25) is 0 Å². The SMILES string of the molecule is CC1CC(=O)N(CCn2cc(C(=O)NN)nn2)C(=O)C1. The molecule has 0 atom stereocenters. The van der Waals surface area contributed by atoms with Crippen molar-refractivity contribution in [3.05, 3.63) is 11.9 Å². The first-order chi connectivity index (χ1) is 9.51. The minimum atomic E-state index is -0.546. The summed E-state index contributed by atoms with van der Waals surface area (Å²) in [6, 6.07) is 0. The predicted octanol–water partition coefficient (Wildman–Crippen LogP) is -1.33. The van der Waals surface area contributed by atoms with E-state index in [1.165, 1.54) is 15.8 Å². The van der Waals surface area contributed by atoms with Crippen molar-refractivity contribution < 1.29 is 14.4 Å². The predicted molar refractivity (Wildman–Crippen MR) is 66.8 cm³/mol. The molecule has 108 valence electrons. The number of piperidine rings is 1. The Morgan fingerprint density at radius 2 is 2.05 bits per heavy atom. The van der Waals surface area contributed by atoms with Crippen molar-refractivity contribution >= 4 is 17.7 Å². The molecule has 1 aliphatic rings. The lowest BCUT2D eigenvalue weighted by molar-refractivity contribution is -0.149. The van der Waals surface area contributed by atoms with Gasteiger partial charge in [-0.1, -0.05) is 12.1 Å². The van der Waals surface area contributed by atoms with Gasteiger partial charge in [0.15, 0.2) is 5.69 Å². The van der Waals surface area contributed by atoms with E-state index in [9.17, 15) is 14.4 Å². The average Bonchev–Trinajstić information content (AvgIpc) is 2.85. The molecule has 0 bridgehead atoms. The molecule has 1 aromatic heterocycles. The number of amides is 3. The van der Waals surface area contributed by atoms with Crippen LogP contribution in [-0.2, 0) is 16.1 Å². The highest BCUT2D eigenvalue weighted by atomic mass is 16.2. The Bertz CT molecular complexity index is 522. The van der Waals surface area contributed by atoms with E-state index in [1.807, 2.05) is 12.3 Å². The summed E-state index contributed by atoms with van der Waals surface area (Å²) in [6.07, 6.45) is 2.16. The van der Waals surface area contributed by atoms with Gasteiger partial charge < -0.3 is 0 Å². The lowest BCUT2D eigenvalue weighted by atomic mass is 9.98. The largest absolute Gasteiger partial charge is 0.289 e. The number of imide groups is 1. The Morgan fingerprint density at radius 3 is 2.65 bits per heavy atom. The second-order valence-corrected chi connectivity index (χ2v) is 4.79. The molecule has 1 aliphatic heterocycles. The molecule has 3 N–H and O–H groups in total. The minimum Gasteiger partial charge on any atom is -0.289 e. The number of hydrogen-bond acceptors (Lipinski definition) is 6. The van der Waals surface area contributed by atoms with E-state index in [2.05, 4.69) is 10.3 Å². The van der Waals surface area contributed by atoms with Gasteiger partial charge in [-0.3, -0.25) is 24.7 Å². The first-order valence-electron chi connectivity index (χ1n) is 6.25. The summed E-state index contributed by atoms with van der Waals surface area (Å²) >= 11 is 0. The smallest absolute Gasteiger partial charge is 0.287 e. The minimum absolute atomic E-state index is 0.0809. The molecule has 20 heavy (non-hydrogen) atoms. The van der Waals surface area contributed by atoms with Crippen LogP contribution in [0.3, 0.4) is 0 Å². The van der Waals surface area contributed by atoms with E-state index < -0.39 is 5.91 Å². The van der Waals surface area contributed by atoms with Gasteiger partial charge in [-0.2, -0.15) is 0 Å². The molecule has 9 heteroatoms. The van der Waals surface area contributed by atoms with Crippen LogP contribution in [0.5, 0.6) is 0 Å². The summed E-state index contributed by atoms with van der Waals surface area (Å²) in [5.74, 6) is 4.18. The second-order valence-electron chi connectivity index (χ2n) is 4.79. The van der Waals surface area contributed by atoms with Crippen molar-refractivity contribution in [2.45, 2.75) is 26.3 Å². The average molecular weight is 280 g/mol. The van der Waals surface area contributed by atoms with Gasteiger partial charge in [0.05, 0.1) is 12.7 Å². The van der Waals surface area contributed by atoms with Gasteiger partial charge in [-0.15, -0.1) is 5.10 Å². The third-order valence-electron chi connectivity index (χ3n) is 3.10. The summed E-state index contributed by atoms with van der Waals surface area (Å²) in [4.78, 5) is 36.0. The summed E-state index contributed by atoms with van der Waals surface area (Å²) in [5, 5.41) is 7.37. The Hall–Kier alpha value is -2.29. The number of carbonyl (C=O) groups is 3. The molecule has 2 heterocycles. The van der Waals surface area contributed by atoms with E-state index in [1.54, 1.807) is 0 Å². The summed E-state index contributed by atoms with van der Waals surface area (Å²) in [6.45, 7) is 2.39. The summed E-state index contributed by atoms with van der Waals surface area (Å²) in [5.41, 5.74) is 2.03. The first kappa shape index (κ1) is 14.1. The number of likely N-dealkylation sites (tertiary alicyclic amines) is 1. The van der Waals surface area contributed by atoms with Crippen LogP contribution < -0.4 is 11.3 Å². The molecule has 1 aromatic rings. The third kappa shape index (κ3) is 2.99. The first-order valence-corrected chi connectivity index (χ1v) is 6.25. The molecule has 0 aliphatic carbocycles. The summed E-state index contributed by atoms with van der Waals surface area (Å²) in [7, 11) is 0. The lowest BCUT2D eigenvalue weighted by Gasteiger charge is -2.28. The number of nitrogens with zero attached hydrogens (tertiary/aromatic N) is 4.